The van der Waals surface area contributed by atoms with E-state index in [0.29, 0.717) is 5.65 Å². The molecule has 0 saturated heterocycles. The summed E-state index contributed by atoms with van der Waals surface area (Å²) in [5, 5.41) is 0. The molecule has 2 aromatic heterocycles. The van der Waals surface area contributed by atoms with E-state index in [2.05, 4.69) is 9.97 Å². The topological polar surface area (TPSA) is 73.3 Å². The lowest BCUT2D eigenvalue weighted by Crippen LogP contribution is -2.13. The molecule has 5 heteroatoms. The van der Waals surface area contributed by atoms with E-state index in [4.69, 9.17) is 5.73 Å². The van der Waals surface area contributed by atoms with Crippen LogP contribution in [0, 0.1) is 6.92 Å². The minimum atomic E-state index is -0.534. The molecule has 0 bridgehead atoms. The van der Waals surface area contributed by atoms with Gasteiger partial charge in [-0.25, -0.2) is 9.97 Å². The molecule has 0 aliphatic rings. The Morgan fingerprint density at radius 3 is 3.00 bits per heavy atom. The number of aryl methyl sites for hydroxylation is 1. The maximum absolute atomic E-state index is 10.8. The second-order valence-electron chi connectivity index (χ2n) is 2.78. The third-order valence-corrected chi connectivity index (χ3v) is 1.71. The number of carbonyl (C=O) groups is 1. The van der Waals surface area contributed by atoms with Crippen molar-refractivity contribution in [1.29, 1.82) is 0 Å². The van der Waals surface area contributed by atoms with Crippen LogP contribution in [0.25, 0.3) is 5.65 Å². The molecule has 1 amide bonds. The lowest BCUT2D eigenvalue weighted by molar-refractivity contribution is 0.0995. The van der Waals surface area contributed by atoms with E-state index >= 15 is 0 Å². The Bertz CT molecular complexity index is 474. The molecule has 0 aliphatic heterocycles. The largest absolute Gasteiger partial charge is 0.364 e. The standard InChI is InChI=1S/C8H8N4O/c1-5-3-12-4-6(8(9)13)10-2-7(12)11-5/h2-4H,1H3,(H2,9,13). The molecular formula is C8H8N4O. The smallest absolute Gasteiger partial charge is 0.268 e. The summed E-state index contributed by atoms with van der Waals surface area (Å²) in [7, 11) is 0. The van der Waals surface area contributed by atoms with Crippen LogP contribution in [0.15, 0.2) is 18.6 Å². The van der Waals surface area contributed by atoms with Crippen molar-refractivity contribution in [1.82, 2.24) is 14.4 Å². The van der Waals surface area contributed by atoms with Crippen LogP contribution < -0.4 is 5.73 Å². The predicted octanol–water partition coefficient (Wildman–Crippen LogP) is 0.137. The average Bonchev–Trinajstić information content (AvgIpc) is 2.42. The summed E-state index contributed by atoms with van der Waals surface area (Å²) < 4.78 is 1.72. The van der Waals surface area contributed by atoms with Gasteiger partial charge in [0.15, 0.2) is 5.65 Å². The highest BCUT2D eigenvalue weighted by Crippen LogP contribution is 2.03. The van der Waals surface area contributed by atoms with Crippen LogP contribution in [0.3, 0.4) is 0 Å². The number of nitrogens with two attached hydrogens (primary N) is 1. The highest BCUT2D eigenvalue weighted by atomic mass is 16.1. The minimum Gasteiger partial charge on any atom is -0.364 e. The first kappa shape index (κ1) is 7.72. The normalized spacial score (nSPS) is 10.5. The molecule has 2 N–H and O–H groups in total. The van der Waals surface area contributed by atoms with Crippen molar-refractivity contribution in [2.24, 2.45) is 5.73 Å². The summed E-state index contributed by atoms with van der Waals surface area (Å²) in [5.41, 5.74) is 6.91. The first-order valence-electron chi connectivity index (χ1n) is 3.78. The van der Waals surface area contributed by atoms with Gasteiger partial charge in [0, 0.05) is 12.4 Å². The third-order valence-electron chi connectivity index (χ3n) is 1.71. The molecular weight excluding hydrogens is 168 g/mol. The molecule has 0 unspecified atom stereocenters. The van der Waals surface area contributed by atoms with Crippen molar-refractivity contribution in [3.63, 3.8) is 0 Å². The lowest BCUT2D eigenvalue weighted by atomic mass is 10.4. The zero-order valence-electron chi connectivity index (χ0n) is 7.06. The van der Waals surface area contributed by atoms with Gasteiger partial charge in [-0.05, 0) is 6.92 Å². The fourth-order valence-corrected chi connectivity index (χ4v) is 1.15. The Labute approximate surface area is 74.2 Å². The van der Waals surface area contributed by atoms with E-state index in [1.807, 2.05) is 13.1 Å². The SMILES string of the molecule is Cc1cn2cc(C(N)=O)ncc2n1. The van der Waals surface area contributed by atoms with Gasteiger partial charge in [-0.2, -0.15) is 0 Å². The van der Waals surface area contributed by atoms with Crippen LogP contribution in [-0.2, 0) is 0 Å². The van der Waals surface area contributed by atoms with Gasteiger partial charge in [0.1, 0.15) is 5.69 Å². The van der Waals surface area contributed by atoms with Crippen molar-refractivity contribution in [2.45, 2.75) is 6.92 Å². The number of primary amides is 1. The van der Waals surface area contributed by atoms with Gasteiger partial charge < -0.3 is 10.1 Å². The van der Waals surface area contributed by atoms with E-state index < -0.39 is 5.91 Å². The van der Waals surface area contributed by atoms with Crippen LogP contribution in [0.2, 0.25) is 0 Å². The van der Waals surface area contributed by atoms with Gasteiger partial charge in [0.2, 0.25) is 0 Å². The summed E-state index contributed by atoms with van der Waals surface area (Å²) in [5.74, 6) is -0.534. The Hall–Kier alpha value is -1.91. The Morgan fingerprint density at radius 1 is 1.54 bits per heavy atom. The zero-order chi connectivity index (χ0) is 9.42. The van der Waals surface area contributed by atoms with E-state index in [1.165, 1.54) is 6.20 Å². The van der Waals surface area contributed by atoms with Gasteiger partial charge in [0.25, 0.3) is 5.91 Å². The van der Waals surface area contributed by atoms with Crippen molar-refractivity contribution >= 4 is 11.6 Å². The number of imidazole rings is 1. The molecule has 0 aromatic carbocycles. The molecule has 0 atom stereocenters. The van der Waals surface area contributed by atoms with Gasteiger partial charge in [0.05, 0.1) is 11.9 Å². The van der Waals surface area contributed by atoms with Crippen LogP contribution in [0.4, 0.5) is 0 Å². The summed E-state index contributed by atoms with van der Waals surface area (Å²) in [6.07, 6.45) is 4.90. The van der Waals surface area contributed by atoms with Crippen molar-refractivity contribution in [3.8, 4) is 0 Å². The van der Waals surface area contributed by atoms with Crippen molar-refractivity contribution in [3.05, 3.63) is 30.0 Å². The molecule has 2 rings (SSSR count). The summed E-state index contributed by atoms with van der Waals surface area (Å²) >= 11 is 0. The number of nitrogens with zero attached hydrogens (tertiary/aromatic N) is 3. The number of amides is 1. The molecule has 2 aromatic rings. The molecule has 5 nitrogen and oxygen atoms in total. The third kappa shape index (κ3) is 1.24. The predicted molar refractivity (Wildman–Crippen MR) is 46.2 cm³/mol. The molecule has 0 spiro atoms. The van der Waals surface area contributed by atoms with Crippen LogP contribution >= 0.6 is 0 Å². The summed E-state index contributed by atoms with van der Waals surface area (Å²) in [6.45, 7) is 1.87. The molecule has 0 saturated carbocycles. The quantitative estimate of drug-likeness (QED) is 0.671. The lowest BCUT2D eigenvalue weighted by Gasteiger charge is -1.95. The molecule has 0 aliphatic carbocycles. The second-order valence-corrected chi connectivity index (χ2v) is 2.78. The minimum absolute atomic E-state index is 0.241. The highest BCUT2D eigenvalue weighted by molar-refractivity contribution is 5.90. The second kappa shape index (κ2) is 2.55. The van der Waals surface area contributed by atoms with Crippen LogP contribution in [0.5, 0.6) is 0 Å². The van der Waals surface area contributed by atoms with E-state index in [9.17, 15) is 4.79 Å². The maximum atomic E-state index is 10.8. The number of fused-ring (bicyclic) bond motifs is 1. The van der Waals surface area contributed by atoms with Gasteiger partial charge >= 0.3 is 0 Å². The fourth-order valence-electron chi connectivity index (χ4n) is 1.15. The Balaban J connectivity index is 2.67. The average molecular weight is 176 g/mol. The van der Waals surface area contributed by atoms with E-state index in [0.717, 1.165) is 5.69 Å². The first-order valence-corrected chi connectivity index (χ1v) is 3.78. The maximum Gasteiger partial charge on any atom is 0.268 e. The van der Waals surface area contributed by atoms with Crippen molar-refractivity contribution in [2.75, 3.05) is 0 Å². The van der Waals surface area contributed by atoms with Crippen LogP contribution in [0.1, 0.15) is 16.2 Å². The first-order chi connectivity index (χ1) is 6.16. The summed E-state index contributed by atoms with van der Waals surface area (Å²) in [6, 6.07) is 0. The Morgan fingerprint density at radius 2 is 2.31 bits per heavy atom. The van der Waals surface area contributed by atoms with Gasteiger partial charge in [-0.15, -0.1) is 0 Å². The number of hydrogen-bond acceptors (Lipinski definition) is 3. The highest BCUT2D eigenvalue weighted by Gasteiger charge is 2.04. The molecule has 0 radical (unpaired) electrons. The zero-order valence-corrected chi connectivity index (χ0v) is 7.06. The number of hydrogen-bond donors (Lipinski definition) is 1. The number of carbonyl (C=O) groups excluding carboxylic acids is 1. The molecule has 0 fully saturated rings. The number of aromatic nitrogens is 3. The van der Waals surface area contributed by atoms with E-state index in [1.54, 1.807) is 10.6 Å². The fraction of sp³-hybridized carbons (Fsp3) is 0.125. The van der Waals surface area contributed by atoms with Crippen molar-refractivity contribution < 1.29 is 4.79 Å². The van der Waals surface area contributed by atoms with Gasteiger partial charge in [-0.3, -0.25) is 4.79 Å². The molecule has 66 valence electrons. The molecule has 2 heterocycles. The van der Waals surface area contributed by atoms with Gasteiger partial charge in [-0.1, -0.05) is 0 Å². The molecule has 13 heavy (non-hydrogen) atoms. The monoisotopic (exact) mass is 176 g/mol. The van der Waals surface area contributed by atoms with E-state index in [-0.39, 0.29) is 5.69 Å². The summed E-state index contributed by atoms with van der Waals surface area (Å²) in [4.78, 5) is 18.8. The number of rotatable bonds is 1. The Kier molecular flexibility index (Phi) is 1.51. The van der Waals surface area contributed by atoms with Crippen LogP contribution in [-0.4, -0.2) is 20.3 Å².